The van der Waals surface area contributed by atoms with E-state index >= 15 is 0 Å². The Morgan fingerprint density at radius 2 is 2.06 bits per heavy atom. The lowest BCUT2D eigenvalue weighted by Crippen LogP contribution is -2.09. The Morgan fingerprint density at radius 1 is 1.33 bits per heavy atom. The molecule has 1 saturated heterocycles. The van der Waals surface area contributed by atoms with Gasteiger partial charge in [0.1, 0.15) is 5.75 Å². The second-order valence-corrected chi connectivity index (χ2v) is 4.88. The van der Waals surface area contributed by atoms with Crippen LogP contribution in [0.15, 0.2) is 18.2 Å². The Morgan fingerprint density at radius 3 is 2.72 bits per heavy atom. The van der Waals surface area contributed by atoms with Crippen LogP contribution in [0.25, 0.3) is 0 Å². The molecular formula is C15H22O3. The number of aryl methyl sites for hydroxylation is 1. The van der Waals surface area contributed by atoms with Crippen molar-refractivity contribution in [3.63, 3.8) is 0 Å². The molecule has 0 N–H and O–H groups in total. The van der Waals surface area contributed by atoms with Gasteiger partial charge in [-0.25, -0.2) is 0 Å². The Kier molecular flexibility index (Phi) is 4.61. The summed E-state index contributed by atoms with van der Waals surface area (Å²) >= 11 is 0. The van der Waals surface area contributed by atoms with Crippen molar-refractivity contribution < 1.29 is 14.2 Å². The highest BCUT2D eigenvalue weighted by molar-refractivity contribution is 5.37. The molecule has 18 heavy (non-hydrogen) atoms. The third kappa shape index (κ3) is 3.24. The third-order valence-corrected chi connectivity index (χ3v) is 3.53. The number of benzene rings is 1. The van der Waals surface area contributed by atoms with E-state index in [9.17, 15) is 0 Å². The van der Waals surface area contributed by atoms with Gasteiger partial charge >= 0.3 is 0 Å². The molecule has 1 heterocycles. The number of rotatable bonds is 5. The van der Waals surface area contributed by atoms with E-state index < -0.39 is 0 Å². The van der Waals surface area contributed by atoms with Crippen LogP contribution in [-0.4, -0.2) is 26.6 Å². The summed E-state index contributed by atoms with van der Waals surface area (Å²) in [5, 5.41) is 0. The summed E-state index contributed by atoms with van der Waals surface area (Å²) in [6.07, 6.45) is 2.02. The largest absolute Gasteiger partial charge is 0.496 e. The molecule has 1 aliphatic rings. The molecule has 0 aliphatic carbocycles. The van der Waals surface area contributed by atoms with Gasteiger partial charge in [0.05, 0.1) is 20.3 Å². The Balaban J connectivity index is 1.93. The molecule has 0 spiro atoms. The molecule has 1 fully saturated rings. The number of hydrogen-bond donors (Lipinski definition) is 0. The van der Waals surface area contributed by atoms with Crippen molar-refractivity contribution in [1.29, 1.82) is 0 Å². The molecule has 1 atom stereocenters. The fourth-order valence-corrected chi connectivity index (χ4v) is 2.27. The highest BCUT2D eigenvalue weighted by Gasteiger charge is 2.17. The van der Waals surface area contributed by atoms with E-state index in [1.165, 1.54) is 11.1 Å². The van der Waals surface area contributed by atoms with Crippen molar-refractivity contribution in [2.75, 3.05) is 20.3 Å². The first-order valence-corrected chi connectivity index (χ1v) is 6.58. The normalized spacial score (nSPS) is 17.9. The number of hydrogen-bond acceptors (Lipinski definition) is 3. The molecule has 3 heteroatoms. The van der Waals surface area contributed by atoms with Crippen molar-refractivity contribution in [3.05, 3.63) is 29.3 Å². The minimum atomic E-state index is -0.000191. The maximum absolute atomic E-state index is 5.46. The van der Waals surface area contributed by atoms with Crippen molar-refractivity contribution in [2.45, 2.75) is 38.9 Å². The molecule has 1 aromatic rings. The highest BCUT2D eigenvalue weighted by atomic mass is 16.7. The summed E-state index contributed by atoms with van der Waals surface area (Å²) in [6, 6.07) is 6.43. The quantitative estimate of drug-likeness (QED) is 0.802. The predicted octanol–water partition coefficient (Wildman–Crippen LogP) is 3.26. The SMILES string of the molecule is COc1cc([C@H](C)CCC2OCCO2)ccc1C. The first-order valence-electron chi connectivity index (χ1n) is 6.58. The third-order valence-electron chi connectivity index (χ3n) is 3.53. The molecule has 0 aromatic heterocycles. The average molecular weight is 250 g/mol. The van der Waals surface area contributed by atoms with E-state index in [1.54, 1.807) is 7.11 Å². The van der Waals surface area contributed by atoms with E-state index in [0.717, 1.165) is 31.8 Å². The molecule has 0 saturated carbocycles. The maximum atomic E-state index is 5.46. The first kappa shape index (κ1) is 13.4. The van der Waals surface area contributed by atoms with Gasteiger partial charge in [-0.1, -0.05) is 19.1 Å². The zero-order valence-corrected chi connectivity index (χ0v) is 11.4. The molecular weight excluding hydrogens is 228 g/mol. The average Bonchev–Trinajstić information content (AvgIpc) is 2.89. The van der Waals surface area contributed by atoms with Gasteiger partial charge in [0.2, 0.25) is 0 Å². The molecule has 0 bridgehead atoms. The Hall–Kier alpha value is -1.06. The zero-order chi connectivity index (χ0) is 13.0. The second-order valence-electron chi connectivity index (χ2n) is 4.88. The maximum Gasteiger partial charge on any atom is 0.157 e. The summed E-state index contributed by atoms with van der Waals surface area (Å²) < 4.78 is 16.3. The standard InChI is InChI=1S/C15H22O3/c1-11(5-7-15-17-8-9-18-15)13-6-4-12(2)14(10-13)16-3/h4,6,10-11,15H,5,7-9H2,1-3H3/t11-/m1/s1. The van der Waals surface area contributed by atoms with Crippen LogP contribution in [-0.2, 0) is 9.47 Å². The predicted molar refractivity (Wildman–Crippen MR) is 71.1 cm³/mol. The van der Waals surface area contributed by atoms with Crippen LogP contribution in [0.3, 0.4) is 0 Å². The van der Waals surface area contributed by atoms with Gasteiger partial charge in [-0.15, -0.1) is 0 Å². The Bertz CT molecular complexity index is 383. The zero-order valence-electron chi connectivity index (χ0n) is 11.4. The van der Waals surface area contributed by atoms with Crippen molar-refractivity contribution in [2.24, 2.45) is 0 Å². The lowest BCUT2D eigenvalue weighted by molar-refractivity contribution is -0.0485. The van der Waals surface area contributed by atoms with Gasteiger partial charge in [-0.3, -0.25) is 0 Å². The molecule has 0 amide bonds. The van der Waals surface area contributed by atoms with Crippen molar-refractivity contribution in [1.82, 2.24) is 0 Å². The van der Waals surface area contributed by atoms with E-state index in [1.807, 2.05) is 0 Å². The minimum absolute atomic E-state index is 0.000191. The first-order chi connectivity index (χ1) is 8.70. The van der Waals surface area contributed by atoms with Gasteiger partial charge in [0.25, 0.3) is 0 Å². The van der Waals surface area contributed by atoms with E-state index in [2.05, 4.69) is 32.0 Å². The molecule has 3 nitrogen and oxygen atoms in total. The van der Waals surface area contributed by atoms with Crippen LogP contribution in [0.2, 0.25) is 0 Å². The number of methoxy groups -OCH3 is 1. The smallest absolute Gasteiger partial charge is 0.157 e. The van der Waals surface area contributed by atoms with Gasteiger partial charge in [-0.2, -0.15) is 0 Å². The van der Waals surface area contributed by atoms with Gasteiger partial charge in [0, 0.05) is 0 Å². The van der Waals surface area contributed by atoms with Gasteiger partial charge < -0.3 is 14.2 Å². The topological polar surface area (TPSA) is 27.7 Å². The summed E-state index contributed by atoms with van der Waals surface area (Å²) in [6.45, 7) is 5.77. The Labute approximate surface area is 109 Å². The lowest BCUT2D eigenvalue weighted by Gasteiger charge is -2.16. The summed E-state index contributed by atoms with van der Waals surface area (Å²) in [7, 11) is 1.72. The fraction of sp³-hybridized carbons (Fsp3) is 0.600. The summed E-state index contributed by atoms with van der Waals surface area (Å²) in [4.78, 5) is 0. The molecule has 2 rings (SSSR count). The molecule has 100 valence electrons. The van der Waals surface area contributed by atoms with Crippen molar-refractivity contribution in [3.8, 4) is 5.75 Å². The van der Waals surface area contributed by atoms with E-state index in [4.69, 9.17) is 14.2 Å². The lowest BCUT2D eigenvalue weighted by atomic mass is 9.95. The molecule has 0 radical (unpaired) electrons. The summed E-state index contributed by atoms with van der Waals surface area (Å²) in [5.41, 5.74) is 2.49. The summed E-state index contributed by atoms with van der Waals surface area (Å²) in [5.74, 6) is 1.46. The van der Waals surface area contributed by atoms with Gasteiger partial charge in [0.15, 0.2) is 6.29 Å². The van der Waals surface area contributed by atoms with Crippen LogP contribution in [0.5, 0.6) is 5.75 Å². The van der Waals surface area contributed by atoms with E-state index in [0.29, 0.717) is 5.92 Å². The van der Waals surface area contributed by atoms with Crippen LogP contribution < -0.4 is 4.74 Å². The highest BCUT2D eigenvalue weighted by Crippen LogP contribution is 2.28. The fourth-order valence-electron chi connectivity index (χ4n) is 2.27. The van der Waals surface area contributed by atoms with Crippen LogP contribution in [0.1, 0.15) is 36.8 Å². The molecule has 1 aliphatic heterocycles. The van der Waals surface area contributed by atoms with Crippen LogP contribution in [0.4, 0.5) is 0 Å². The molecule has 1 aromatic carbocycles. The van der Waals surface area contributed by atoms with Crippen LogP contribution >= 0.6 is 0 Å². The van der Waals surface area contributed by atoms with Gasteiger partial charge in [-0.05, 0) is 42.9 Å². The van der Waals surface area contributed by atoms with Crippen LogP contribution in [0, 0.1) is 6.92 Å². The molecule has 0 unspecified atom stereocenters. The van der Waals surface area contributed by atoms with Crippen molar-refractivity contribution >= 4 is 0 Å². The van der Waals surface area contributed by atoms with E-state index in [-0.39, 0.29) is 6.29 Å². The minimum Gasteiger partial charge on any atom is -0.496 e. The second kappa shape index (κ2) is 6.21. The number of ether oxygens (including phenoxy) is 3. The monoisotopic (exact) mass is 250 g/mol.